The van der Waals surface area contributed by atoms with Crippen LogP contribution in [0.25, 0.3) is 22.3 Å². The molecule has 1 spiro atoms. The minimum atomic E-state index is -0.408. The Balaban J connectivity index is 1.28. The lowest BCUT2D eigenvalue weighted by atomic mass is 9.74. The fourth-order valence-electron chi connectivity index (χ4n) is 7.67. The molecule has 0 unspecified atom stereocenters. The van der Waals surface area contributed by atoms with Crippen LogP contribution in [0, 0.1) is 0 Å². The Morgan fingerprint density at radius 3 is 2.46 bits per heavy atom. The van der Waals surface area contributed by atoms with Crippen LogP contribution in [-0.4, -0.2) is 69.7 Å². The van der Waals surface area contributed by atoms with Crippen LogP contribution >= 0.6 is 0 Å². The van der Waals surface area contributed by atoms with Crippen LogP contribution in [0.15, 0.2) is 30.6 Å². The molecule has 218 valence electrons. The zero-order valence-electron chi connectivity index (χ0n) is 25.0. The van der Waals surface area contributed by atoms with Crippen LogP contribution in [0.1, 0.15) is 84.2 Å². The van der Waals surface area contributed by atoms with Gasteiger partial charge in [-0.25, -0.2) is 9.97 Å². The summed E-state index contributed by atoms with van der Waals surface area (Å²) in [4.78, 5) is 29.0. The summed E-state index contributed by atoms with van der Waals surface area (Å²) < 4.78 is 8.37. The maximum atomic E-state index is 14.4. The van der Waals surface area contributed by atoms with Gasteiger partial charge in [0.15, 0.2) is 0 Å². The molecule has 41 heavy (non-hydrogen) atoms. The van der Waals surface area contributed by atoms with Crippen LogP contribution in [0.4, 0.5) is 5.69 Å². The second-order valence-corrected chi connectivity index (χ2v) is 13.2. The molecule has 1 amide bonds. The highest BCUT2D eigenvalue weighted by Crippen LogP contribution is 2.51. The maximum absolute atomic E-state index is 14.4. The lowest BCUT2D eigenvalue weighted by molar-refractivity contribution is -0.125. The van der Waals surface area contributed by atoms with Crippen LogP contribution in [-0.2, 0) is 10.2 Å². The molecule has 1 N–H and O–H groups in total. The second kappa shape index (κ2) is 10.4. The second-order valence-electron chi connectivity index (χ2n) is 13.2. The van der Waals surface area contributed by atoms with Crippen LogP contribution in [0.2, 0.25) is 0 Å². The first kappa shape index (κ1) is 26.9. The van der Waals surface area contributed by atoms with Gasteiger partial charge in [-0.05, 0) is 110 Å². The molecule has 0 radical (unpaired) electrons. The molecule has 8 heteroatoms. The maximum Gasteiger partial charge on any atom is 0.241 e. The van der Waals surface area contributed by atoms with Crippen molar-refractivity contribution in [3.8, 4) is 17.1 Å². The largest absolute Gasteiger partial charge is 0.473 e. The van der Waals surface area contributed by atoms with E-state index in [-0.39, 0.29) is 18.2 Å². The predicted octanol–water partition coefficient (Wildman–Crippen LogP) is 5.45. The normalized spacial score (nSPS) is 24.4. The number of likely N-dealkylation sites (tertiary alicyclic amines) is 1. The number of anilines is 1. The number of hydrogen-bond acceptors (Lipinski definition) is 6. The lowest BCUT2D eigenvalue weighted by Gasteiger charge is -2.48. The van der Waals surface area contributed by atoms with E-state index < -0.39 is 5.41 Å². The monoisotopic (exact) mass is 556 g/mol. The van der Waals surface area contributed by atoms with Gasteiger partial charge in [-0.1, -0.05) is 18.6 Å². The van der Waals surface area contributed by atoms with E-state index in [0.29, 0.717) is 17.8 Å². The van der Waals surface area contributed by atoms with Gasteiger partial charge in [0, 0.05) is 29.4 Å². The lowest BCUT2D eigenvalue weighted by Crippen LogP contribution is -2.58. The molecule has 1 aliphatic carbocycles. The quantitative estimate of drug-likeness (QED) is 0.435. The first-order chi connectivity index (χ1) is 19.9. The van der Waals surface area contributed by atoms with Crippen molar-refractivity contribution in [1.29, 1.82) is 0 Å². The first-order valence-corrected chi connectivity index (χ1v) is 15.8. The number of aromatic nitrogens is 3. The summed E-state index contributed by atoms with van der Waals surface area (Å²) in [7, 11) is 0. The number of hydrogen-bond donors (Lipinski definition) is 1. The smallest absolute Gasteiger partial charge is 0.241 e. The molecule has 1 saturated carbocycles. The van der Waals surface area contributed by atoms with Gasteiger partial charge in [-0.2, -0.15) is 0 Å². The summed E-state index contributed by atoms with van der Waals surface area (Å²) >= 11 is 0. The van der Waals surface area contributed by atoms with Crippen LogP contribution in [0.5, 0.6) is 5.88 Å². The Labute approximate surface area is 243 Å². The summed E-state index contributed by atoms with van der Waals surface area (Å²) in [5, 5.41) is 3.48. The highest BCUT2D eigenvalue weighted by atomic mass is 16.5. The molecule has 7 rings (SSSR count). The van der Waals surface area contributed by atoms with E-state index in [0.717, 1.165) is 66.8 Å². The molecule has 3 fully saturated rings. The molecule has 4 aliphatic rings. The molecule has 3 aromatic rings. The Morgan fingerprint density at radius 1 is 1.00 bits per heavy atom. The number of piperidine rings is 2. The number of benzene rings is 1. The molecule has 0 atom stereocenters. The summed E-state index contributed by atoms with van der Waals surface area (Å²) in [5.74, 6) is 0.932. The van der Waals surface area contributed by atoms with Gasteiger partial charge in [0.1, 0.15) is 5.52 Å². The molecule has 2 aromatic heterocycles. The summed E-state index contributed by atoms with van der Waals surface area (Å²) in [5.41, 5.74) is 5.55. The third-order valence-electron chi connectivity index (χ3n) is 9.94. The Hall–Kier alpha value is -2.97. The molecule has 1 aromatic carbocycles. The zero-order chi connectivity index (χ0) is 28.3. The van der Waals surface area contributed by atoms with E-state index >= 15 is 0 Å². The number of nitrogens with zero attached hydrogens (tertiary/aromatic N) is 5. The Bertz CT molecular complexity index is 1440. The van der Waals surface area contributed by atoms with Gasteiger partial charge in [0.05, 0.1) is 29.1 Å². The van der Waals surface area contributed by atoms with Crippen molar-refractivity contribution in [2.24, 2.45) is 0 Å². The standard InChI is InChI=1S/C33H44N6O2/c1-21(2)38-20-35-28-19-27(36-31(30(28)38)41-22(3)4)23-8-9-26-29(16-23)39(32(40)33(26)10-12-34-13-11-33)25-17-24(18-25)37-14-6-5-7-15-37/h8-9,16,19-22,24-25,34H,5-7,10-15,17-18H2,1-4H3. The molecular weight excluding hydrogens is 512 g/mol. The Morgan fingerprint density at radius 2 is 1.76 bits per heavy atom. The number of rotatable bonds is 6. The molecule has 0 bridgehead atoms. The molecule has 8 nitrogen and oxygen atoms in total. The molecule has 5 heterocycles. The number of ether oxygens (including phenoxy) is 1. The van der Waals surface area contributed by atoms with Crippen LogP contribution in [0.3, 0.4) is 0 Å². The van der Waals surface area contributed by atoms with Crippen LogP contribution < -0.4 is 15.0 Å². The average Bonchev–Trinajstić information content (AvgIpc) is 3.47. The van der Waals surface area contributed by atoms with E-state index in [4.69, 9.17) is 14.7 Å². The Kier molecular flexibility index (Phi) is 6.81. The van der Waals surface area contributed by atoms with E-state index in [2.05, 4.69) is 57.8 Å². The minimum Gasteiger partial charge on any atom is -0.473 e. The summed E-state index contributed by atoms with van der Waals surface area (Å²) in [6.45, 7) is 12.5. The van der Waals surface area contributed by atoms with E-state index in [9.17, 15) is 4.79 Å². The third-order valence-corrected chi connectivity index (χ3v) is 9.94. The molecule has 2 saturated heterocycles. The van der Waals surface area contributed by atoms with Gasteiger partial charge in [-0.15, -0.1) is 0 Å². The van der Waals surface area contributed by atoms with E-state index in [1.54, 1.807) is 0 Å². The number of carbonyl (C=O) groups excluding carboxylic acids is 1. The number of fused-ring (bicyclic) bond motifs is 3. The first-order valence-electron chi connectivity index (χ1n) is 15.8. The van der Waals surface area contributed by atoms with Crippen molar-refractivity contribution in [1.82, 2.24) is 24.8 Å². The number of nitrogens with one attached hydrogen (secondary N) is 1. The number of amides is 1. The fourth-order valence-corrected chi connectivity index (χ4v) is 7.67. The highest BCUT2D eigenvalue weighted by Gasteiger charge is 2.54. The molecule has 3 aliphatic heterocycles. The predicted molar refractivity (Wildman–Crippen MR) is 163 cm³/mol. The highest BCUT2D eigenvalue weighted by molar-refractivity contribution is 6.09. The van der Waals surface area contributed by atoms with Crippen molar-refractivity contribution in [3.63, 3.8) is 0 Å². The van der Waals surface area contributed by atoms with E-state index in [1.165, 1.54) is 37.9 Å². The topological polar surface area (TPSA) is 75.5 Å². The zero-order valence-corrected chi connectivity index (χ0v) is 25.0. The van der Waals surface area contributed by atoms with Gasteiger partial charge < -0.3 is 24.4 Å². The summed E-state index contributed by atoms with van der Waals surface area (Å²) in [6.07, 6.45) is 9.72. The summed E-state index contributed by atoms with van der Waals surface area (Å²) in [6, 6.07) is 9.80. The van der Waals surface area contributed by atoms with Gasteiger partial charge in [0.25, 0.3) is 0 Å². The van der Waals surface area contributed by atoms with Crippen molar-refractivity contribution >= 4 is 22.6 Å². The van der Waals surface area contributed by atoms with Gasteiger partial charge in [-0.3, -0.25) is 4.79 Å². The van der Waals surface area contributed by atoms with Crippen molar-refractivity contribution < 1.29 is 9.53 Å². The van der Waals surface area contributed by atoms with Crippen molar-refractivity contribution in [3.05, 3.63) is 36.2 Å². The fraction of sp³-hybridized carbons (Fsp3) is 0.606. The minimum absolute atomic E-state index is 0.00386. The third kappa shape index (κ3) is 4.45. The number of carbonyl (C=O) groups is 1. The van der Waals surface area contributed by atoms with Crippen molar-refractivity contribution in [2.75, 3.05) is 31.1 Å². The number of pyridine rings is 1. The number of imidazole rings is 1. The van der Waals surface area contributed by atoms with Gasteiger partial charge >= 0.3 is 0 Å². The van der Waals surface area contributed by atoms with Crippen molar-refractivity contribution in [2.45, 2.75) is 102 Å². The van der Waals surface area contributed by atoms with Gasteiger partial charge in [0.2, 0.25) is 11.8 Å². The van der Waals surface area contributed by atoms with E-state index in [1.807, 2.05) is 20.2 Å². The average molecular weight is 557 g/mol. The molecular formula is C33H44N6O2. The SMILES string of the molecule is CC(C)Oc1nc(-c2ccc3c(c2)N(C2CC(N4CCCCC4)C2)C(=O)C32CCNCC2)cc2ncn(C(C)C)c12.